The van der Waals surface area contributed by atoms with Crippen molar-refractivity contribution >= 4 is 5.82 Å². The molecule has 1 aromatic rings. The molecule has 1 aliphatic heterocycles. The molecule has 0 bridgehead atoms. The Kier molecular flexibility index (Phi) is 4.96. The summed E-state index contributed by atoms with van der Waals surface area (Å²) in [6, 6.07) is 4.28. The number of hydrogen-bond acceptors (Lipinski definition) is 4. The third-order valence-corrected chi connectivity index (χ3v) is 3.49. The van der Waals surface area contributed by atoms with Crippen molar-refractivity contribution in [2.24, 2.45) is 0 Å². The minimum absolute atomic E-state index is 0.425. The Morgan fingerprint density at radius 2 is 2.17 bits per heavy atom. The smallest absolute Gasteiger partial charge is 0.128 e. The highest BCUT2D eigenvalue weighted by atomic mass is 16.5. The average molecular weight is 249 g/mol. The first kappa shape index (κ1) is 13.3. The fourth-order valence-electron chi connectivity index (χ4n) is 2.30. The average Bonchev–Trinajstić information content (AvgIpc) is 2.46. The third kappa shape index (κ3) is 3.43. The van der Waals surface area contributed by atoms with E-state index in [0.717, 1.165) is 44.8 Å². The predicted molar refractivity (Wildman–Crippen MR) is 73.9 cm³/mol. The molecule has 0 atom stereocenters. The summed E-state index contributed by atoms with van der Waals surface area (Å²) in [5, 5.41) is 3.31. The van der Waals surface area contributed by atoms with Gasteiger partial charge < -0.3 is 15.0 Å². The molecule has 1 N–H and O–H groups in total. The second-order valence-corrected chi connectivity index (χ2v) is 4.73. The van der Waals surface area contributed by atoms with E-state index in [1.54, 1.807) is 7.11 Å². The minimum Gasteiger partial charge on any atom is -0.381 e. The van der Waals surface area contributed by atoms with Crippen LogP contribution in [0.5, 0.6) is 0 Å². The molecule has 0 radical (unpaired) electrons. The van der Waals surface area contributed by atoms with Crippen LogP contribution in [0.2, 0.25) is 0 Å². The maximum Gasteiger partial charge on any atom is 0.128 e. The molecule has 0 amide bonds. The maximum atomic E-state index is 5.38. The van der Waals surface area contributed by atoms with Crippen molar-refractivity contribution in [3.05, 3.63) is 23.9 Å². The first-order valence-electron chi connectivity index (χ1n) is 6.77. The highest BCUT2D eigenvalue weighted by molar-refractivity contribution is 5.39. The number of piperidine rings is 1. The molecule has 1 fully saturated rings. The van der Waals surface area contributed by atoms with Crippen LogP contribution in [0.15, 0.2) is 18.3 Å². The summed E-state index contributed by atoms with van der Waals surface area (Å²) in [6.07, 6.45) is 4.59. The second-order valence-electron chi connectivity index (χ2n) is 4.73. The summed E-state index contributed by atoms with van der Waals surface area (Å²) in [5.74, 6) is 1.09. The number of methoxy groups -OCH3 is 1. The number of aromatic nitrogens is 1. The van der Waals surface area contributed by atoms with Gasteiger partial charge in [0.05, 0.1) is 6.10 Å². The lowest BCUT2D eigenvalue weighted by molar-refractivity contribution is 0.0818. The fraction of sp³-hybridized carbons (Fsp3) is 0.643. The number of ether oxygens (including phenoxy) is 1. The van der Waals surface area contributed by atoms with E-state index in [4.69, 9.17) is 4.74 Å². The summed E-state index contributed by atoms with van der Waals surface area (Å²) in [7, 11) is 1.80. The van der Waals surface area contributed by atoms with E-state index in [1.165, 1.54) is 5.56 Å². The fourth-order valence-corrected chi connectivity index (χ4v) is 2.30. The molecule has 100 valence electrons. The topological polar surface area (TPSA) is 37.4 Å². The van der Waals surface area contributed by atoms with Gasteiger partial charge in [-0.2, -0.15) is 0 Å². The van der Waals surface area contributed by atoms with Crippen LogP contribution in [0.1, 0.15) is 25.3 Å². The van der Waals surface area contributed by atoms with Gasteiger partial charge in [0, 0.05) is 32.9 Å². The zero-order valence-electron chi connectivity index (χ0n) is 11.4. The van der Waals surface area contributed by atoms with Crippen molar-refractivity contribution in [3.8, 4) is 0 Å². The first-order valence-corrected chi connectivity index (χ1v) is 6.77. The van der Waals surface area contributed by atoms with Crippen LogP contribution < -0.4 is 10.2 Å². The van der Waals surface area contributed by atoms with E-state index < -0.39 is 0 Å². The van der Waals surface area contributed by atoms with Gasteiger partial charge in [0.15, 0.2) is 0 Å². The number of rotatable bonds is 5. The predicted octanol–water partition coefficient (Wildman–Crippen LogP) is 1.81. The zero-order chi connectivity index (χ0) is 12.8. The Morgan fingerprint density at radius 1 is 1.39 bits per heavy atom. The largest absolute Gasteiger partial charge is 0.381 e. The molecule has 4 nitrogen and oxygen atoms in total. The molecule has 2 heterocycles. The van der Waals surface area contributed by atoms with Crippen LogP contribution in [0.3, 0.4) is 0 Å². The van der Waals surface area contributed by atoms with E-state index in [2.05, 4.69) is 34.3 Å². The lowest BCUT2D eigenvalue weighted by atomic mass is 10.1. The first-order chi connectivity index (χ1) is 8.83. The van der Waals surface area contributed by atoms with Crippen LogP contribution in [-0.2, 0) is 11.3 Å². The summed E-state index contributed by atoms with van der Waals surface area (Å²) in [4.78, 5) is 6.89. The zero-order valence-corrected chi connectivity index (χ0v) is 11.4. The van der Waals surface area contributed by atoms with Gasteiger partial charge in [-0.05, 0) is 31.0 Å². The van der Waals surface area contributed by atoms with Gasteiger partial charge in [-0.15, -0.1) is 0 Å². The summed E-state index contributed by atoms with van der Waals surface area (Å²) >= 11 is 0. The van der Waals surface area contributed by atoms with Gasteiger partial charge in [-0.1, -0.05) is 13.0 Å². The van der Waals surface area contributed by atoms with Crippen molar-refractivity contribution in [1.82, 2.24) is 10.3 Å². The molecule has 0 aliphatic carbocycles. The third-order valence-electron chi connectivity index (χ3n) is 3.49. The van der Waals surface area contributed by atoms with Gasteiger partial charge in [-0.3, -0.25) is 0 Å². The number of nitrogens with one attached hydrogen (secondary N) is 1. The van der Waals surface area contributed by atoms with E-state index in [0.29, 0.717) is 6.10 Å². The van der Waals surface area contributed by atoms with Crippen LogP contribution in [0, 0.1) is 0 Å². The van der Waals surface area contributed by atoms with Crippen LogP contribution in [0.25, 0.3) is 0 Å². The number of pyridine rings is 1. The minimum atomic E-state index is 0.425. The summed E-state index contributed by atoms with van der Waals surface area (Å²) in [5.41, 5.74) is 1.24. The van der Waals surface area contributed by atoms with Gasteiger partial charge in [-0.25, -0.2) is 4.98 Å². The van der Waals surface area contributed by atoms with E-state index in [1.807, 2.05) is 6.20 Å². The van der Waals surface area contributed by atoms with Crippen molar-refractivity contribution in [2.45, 2.75) is 32.4 Å². The van der Waals surface area contributed by atoms with E-state index in [-0.39, 0.29) is 0 Å². The quantitative estimate of drug-likeness (QED) is 0.863. The van der Waals surface area contributed by atoms with Crippen LogP contribution >= 0.6 is 0 Å². The Bertz CT molecular complexity index is 345. The molecule has 1 aliphatic rings. The van der Waals surface area contributed by atoms with Crippen molar-refractivity contribution in [2.75, 3.05) is 31.6 Å². The molecule has 0 unspecified atom stereocenters. The Labute approximate surface area is 109 Å². The Hall–Kier alpha value is -1.13. The van der Waals surface area contributed by atoms with Crippen molar-refractivity contribution < 1.29 is 4.74 Å². The lowest BCUT2D eigenvalue weighted by Crippen LogP contribution is -2.37. The number of nitrogens with zero attached hydrogens (tertiary/aromatic N) is 2. The molecule has 0 spiro atoms. The van der Waals surface area contributed by atoms with Gasteiger partial charge >= 0.3 is 0 Å². The maximum absolute atomic E-state index is 5.38. The summed E-state index contributed by atoms with van der Waals surface area (Å²) in [6.45, 7) is 6.08. The lowest BCUT2D eigenvalue weighted by Gasteiger charge is -2.32. The van der Waals surface area contributed by atoms with E-state index in [9.17, 15) is 0 Å². The van der Waals surface area contributed by atoms with Gasteiger partial charge in [0.2, 0.25) is 0 Å². The van der Waals surface area contributed by atoms with Gasteiger partial charge in [0.1, 0.15) is 5.82 Å². The van der Waals surface area contributed by atoms with Crippen molar-refractivity contribution in [1.29, 1.82) is 0 Å². The summed E-state index contributed by atoms with van der Waals surface area (Å²) < 4.78 is 5.38. The SMILES string of the molecule is CCNCc1ccc(N2CCC(OC)CC2)nc1. The Morgan fingerprint density at radius 3 is 2.72 bits per heavy atom. The standard InChI is InChI=1S/C14H23N3O/c1-3-15-10-12-4-5-14(16-11-12)17-8-6-13(18-2)7-9-17/h4-5,11,13,15H,3,6-10H2,1-2H3. The highest BCUT2D eigenvalue weighted by Gasteiger charge is 2.19. The Balaban J connectivity index is 1.89. The molecular weight excluding hydrogens is 226 g/mol. The van der Waals surface area contributed by atoms with E-state index >= 15 is 0 Å². The molecule has 18 heavy (non-hydrogen) atoms. The molecular formula is C14H23N3O. The highest BCUT2D eigenvalue weighted by Crippen LogP contribution is 2.19. The van der Waals surface area contributed by atoms with Crippen LogP contribution in [-0.4, -0.2) is 37.8 Å². The van der Waals surface area contributed by atoms with Crippen LogP contribution in [0.4, 0.5) is 5.82 Å². The molecule has 4 heteroatoms. The molecule has 0 saturated carbocycles. The molecule has 1 aromatic heterocycles. The monoisotopic (exact) mass is 249 g/mol. The molecule has 2 rings (SSSR count). The normalized spacial score (nSPS) is 17.1. The van der Waals surface area contributed by atoms with Crippen molar-refractivity contribution in [3.63, 3.8) is 0 Å². The number of anilines is 1. The second kappa shape index (κ2) is 6.71. The number of hydrogen-bond donors (Lipinski definition) is 1. The van der Waals surface area contributed by atoms with Gasteiger partial charge in [0.25, 0.3) is 0 Å². The molecule has 0 aromatic carbocycles. The molecule has 1 saturated heterocycles.